The largest absolute Gasteiger partial charge is 0.493 e. The van der Waals surface area contributed by atoms with Crippen LogP contribution in [0.2, 0.25) is 0 Å². The number of carbonyl (C=O) groups is 3. The number of nitriles is 1. The number of aliphatic carboxylic acids is 1. The van der Waals surface area contributed by atoms with Gasteiger partial charge in [-0.05, 0) is 55.2 Å². The zero-order valence-corrected chi connectivity index (χ0v) is 19.9. The van der Waals surface area contributed by atoms with Crippen LogP contribution >= 0.6 is 0 Å². The molecule has 2 aliphatic rings. The zero-order chi connectivity index (χ0) is 25.7. The van der Waals surface area contributed by atoms with Crippen LogP contribution in [0.15, 0.2) is 48.6 Å². The van der Waals surface area contributed by atoms with Crippen LogP contribution in [0.1, 0.15) is 39.9 Å². The first kappa shape index (κ1) is 24.9. The predicted octanol–water partition coefficient (Wildman–Crippen LogP) is 2.80. The van der Waals surface area contributed by atoms with Gasteiger partial charge in [-0.25, -0.2) is 4.79 Å². The first-order valence-corrected chi connectivity index (χ1v) is 11.7. The summed E-state index contributed by atoms with van der Waals surface area (Å²) in [4.78, 5) is 36.7. The summed E-state index contributed by atoms with van der Waals surface area (Å²) < 4.78 is 10.8. The summed E-state index contributed by atoms with van der Waals surface area (Å²) in [6, 6.07) is 12.3. The van der Waals surface area contributed by atoms with E-state index < -0.39 is 11.4 Å². The van der Waals surface area contributed by atoms with Crippen molar-refractivity contribution in [3.05, 3.63) is 70.8 Å². The van der Waals surface area contributed by atoms with Crippen LogP contribution in [-0.4, -0.2) is 49.8 Å². The summed E-state index contributed by atoms with van der Waals surface area (Å²) in [5.74, 6) is -1.10. The molecule has 1 fully saturated rings. The lowest BCUT2D eigenvalue weighted by molar-refractivity contribution is -0.131. The number of methoxy groups -OCH3 is 1. The van der Waals surface area contributed by atoms with Crippen LogP contribution in [0.25, 0.3) is 0 Å². The molecule has 36 heavy (non-hydrogen) atoms. The van der Waals surface area contributed by atoms with Gasteiger partial charge in [-0.2, -0.15) is 5.26 Å². The molecule has 2 amide bonds. The molecule has 1 aliphatic carbocycles. The summed E-state index contributed by atoms with van der Waals surface area (Å²) in [6.07, 6.45) is 4.10. The topological polar surface area (TPSA) is 138 Å². The smallest absolute Gasteiger partial charge is 0.327 e. The van der Waals surface area contributed by atoms with Gasteiger partial charge in [-0.3, -0.25) is 9.59 Å². The highest BCUT2D eigenvalue weighted by Crippen LogP contribution is 2.61. The summed E-state index contributed by atoms with van der Waals surface area (Å²) in [6.45, 7) is 1.28. The monoisotopic (exact) mass is 489 g/mol. The van der Waals surface area contributed by atoms with Gasteiger partial charge < -0.3 is 25.2 Å². The number of anilines is 1. The van der Waals surface area contributed by atoms with Crippen LogP contribution in [0, 0.1) is 17.2 Å². The summed E-state index contributed by atoms with van der Waals surface area (Å²) in [7, 11) is 1.57. The highest BCUT2D eigenvalue weighted by atomic mass is 16.5. The molecule has 9 heteroatoms. The summed E-state index contributed by atoms with van der Waals surface area (Å²) in [5.41, 5.74) is 2.50. The molecule has 1 heterocycles. The molecule has 0 radical (unpaired) electrons. The average molecular weight is 490 g/mol. The van der Waals surface area contributed by atoms with Gasteiger partial charge in [0.1, 0.15) is 5.75 Å². The lowest BCUT2D eigenvalue weighted by Gasteiger charge is -2.27. The molecule has 4 rings (SSSR count). The van der Waals surface area contributed by atoms with E-state index in [1.165, 1.54) is 6.08 Å². The summed E-state index contributed by atoms with van der Waals surface area (Å²) in [5, 5.41) is 23.9. The van der Waals surface area contributed by atoms with Gasteiger partial charge in [0, 0.05) is 47.9 Å². The van der Waals surface area contributed by atoms with E-state index in [9.17, 15) is 19.6 Å². The molecule has 1 spiro atoms. The lowest BCUT2D eigenvalue weighted by atomic mass is 9.86. The fourth-order valence-electron chi connectivity index (χ4n) is 4.70. The van der Waals surface area contributed by atoms with E-state index in [4.69, 9.17) is 14.6 Å². The second-order valence-corrected chi connectivity index (χ2v) is 8.89. The minimum atomic E-state index is -1.06. The maximum Gasteiger partial charge on any atom is 0.327 e. The Morgan fingerprint density at radius 2 is 2.11 bits per heavy atom. The molecule has 2 aromatic carbocycles. The standard InChI is InChI=1S/C27H27N3O6/c1-35-12-10-29-25(33)19-7-8-23-20(14-19)27(9-11-36-23)15-21(27)26(34)30-22-13-17(16-28)5-6-18(22)3-2-4-24(31)32/h2,4-8,13-14,21H,3,9-12,15H2,1H3,(H,29,33)(H,30,34)(H,31,32)/t21-,27-/m0/s1. The van der Waals surface area contributed by atoms with Crippen LogP contribution in [0.4, 0.5) is 5.69 Å². The Morgan fingerprint density at radius 1 is 1.28 bits per heavy atom. The highest BCUT2D eigenvalue weighted by Gasteiger charge is 2.61. The van der Waals surface area contributed by atoms with E-state index in [-0.39, 0.29) is 17.7 Å². The van der Waals surface area contributed by atoms with E-state index in [0.717, 1.165) is 11.6 Å². The van der Waals surface area contributed by atoms with E-state index in [2.05, 4.69) is 16.7 Å². The number of allylic oxidation sites excluding steroid dienone is 1. The second-order valence-electron chi connectivity index (χ2n) is 8.89. The number of carboxylic acids is 1. The lowest BCUT2D eigenvalue weighted by Crippen LogP contribution is -2.29. The number of benzene rings is 2. The Hall–Kier alpha value is -4.16. The Bertz CT molecular complexity index is 1260. The predicted molar refractivity (Wildman–Crippen MR) is 131 cm³/mol. The molecule has 1 saturated carbocycles. The minimum Gasteiger partial charge on any atom is -0.493 e. The second kappa shape index (κ2) is 10.6. The van der Waals surface area contributed by atoms with Crippen LogP contribution in [-0.2, 0) is 26.2 Å². The molecular formula is C27H27N3O6. The Kier molecular flexibility index (Phi) is 7.36. The first-order valence-electron chi connectivity index (χ1n) is 11.7. The van der Waals surface area contributed by atoms with Crippen molar-refractivity contribution in [2.45, 2.75) is 24.7 Å². The maximum absolute atomic E-state index is 13.3. The number of rotatable bonds is 9. The van der Waals surface area contributed by atoms with Crippen molar-refractivity contribution >= 4 is 23.5 Å². The molecule has 0 aromatic heterocycles. The van der Waals surface area contributed by atoms with Crippen molar-refractivity contribution in [3.63, 3.8) is 0 Å². The molecule has 1 aliphatic heterocycles. The molecule has 0 unspecified atom stereocenters. The molecular weight excluding hydrogens is 462 g/mol. The Labute approximate surface area is 208 Å². The number of ether oxygens (including phenoxy) is 2. The fraction of sp³-hybridized carbons (Fsp3) is 0.333. The van der Waals surface area contributed by atoms with Gasteiger partial charge in [-0.1, -0.05) is 12.1 Å². The van der Waals surface area contributed by atoms with E-state index in [0.29, 0.717) is 67.1 Å². The normalized spacial score (nSPS) is 19.7. The molecule has 0 saturated heterocycles. The fourth-order valence-corrected chi connectivity index (χ4v) is 4.70. The highest BCUT2D eigenvalue weighted by molar-refractivity contribution is 5.98. The first-order chi connectivity index (χ1) is 17.4. The van der Waals surface area contributed by atoms with Crippen molar-refractivity contribution in [3.8, 4) is 11.8 Å². The SMILES string of the molecule is COCCNC(=O)c1ccc2c(c1)[C@]1(CCO2)C[C@H]1C(=O)Nc1cc(C#N)ccc1CC=CC(=O)O. The van der Waals surface area contributed by atoms with Gasteiger partial charge in [0.2, 0.25) is 5.91 Å². The van der Waals surface area contributed by atoms with Crippen molar-refractivity contribution in [2.24, 2.45) is 5.92 Å². The van der Waals surface area contributed by atoms with E-state index in [1.807, 2.05) is 6.07 Å². The van der Waals surface area contributed by atoms with Crippen molar-refractivity contribution < 1.29 is 29.0 Å². The quantitative estimate of drug-likeness (QED) is 0.364. The molecule has 9 nitrogen and oxygen atoms in total. The van der Waals surface area contributed by atoms with Crippen LogP contribution < -0.4 is 15.4 Å². The van der Waals surface area contributed by atoms with E-state index in [1.54, 1.807) is 37.4 Å². The van der Waals surface area contributed by atoms with Crippen molar-refractivity contribution in [1.82, 2.24) is 5.32 Å². The Morgan fingerprint density at radius 3 is 2.86 bits per heavy atom. The Balaban J connectivity index is 1.54. The zero-order valence-electron chi connectivity index (χ0n) is 19.9. The number of nitrogens with zero attached hydrogens (tertiary/aromatic N) is 1. The van der Waals surface area contributed by atoms with Crippen LogP contribution in [0.3, 0.4) is 0 Å². The number of hydrogen-bond acceptors (Lipinski definition) is 6. The van der Waals surface area contributed by atoms with Crippen molar-refractivity contribution in [2.75, 3.05) is 32.2 Å². The molecule has 2 atom stereocenters. The molecule has 3 N–H and O–H groups in total. The number of carboxylic acid groups (broad SMARTS) is 1. The van der Waals surface area contributed by atoms with Gasteiger partial charge in [0.15, 0.2) is 0 Å². The van der Waals surface area contributed by atoms with Gasteiger partial charge in [-0.15, -0.1) is 0 Å². The third-order valence-corrected chi connectivity index (χ3v) is 6.66. The number of hydrogen-bond donors (Lipinski definition) is 3. The number of carbonyl (C=O) groups excluding carboxylic acids is 2. The van der Waals surface area contributed by atoms with Gasteiger partial charge >= 0.3 is 5.97 Å². The van der Waals surface area contributed by atoms with Crippen molar-refractivity contribution in [1.29, 1.82) is 5.26 Å². The third-order valence-electron chi connectivity index (χ3n) is 6.66. The molecule has 0 bridgehead atoms. The van der Waals surface area contributed by atoms with Gasteiger partial charge in [0.25, 0.3) is 5.91 Å². The number of amides is 2. The van der Waals surface area contributed by atoms with Crippen LogP contribution in [0.5, 0.6) is 5.75 Å². The molecule has 186 valence electrons. The summed E-state index contributed by atoms with van der Waals surface area (Å²) >= 11 is 0. The number of fused-ring (bicyclic) bond motifs is 2. The minimum absolute atomic E-state index is 0.184. The average Bonchev–Trinajstić information content (AvgIpc) is 3.59. The van der Waals surface area contributed by atoms with E-state index >= 15 is 0 Å². The third kappa shape index (κ3) is 5.24. The molecule has 2 aromatic rings. The van der Waals surface area contributed by atoms with Gasteiger partial charge in [0.05, 0.1) is 24.8 Å². The maximum atomic E-state index is 13.3. The number of nitrogens with one attached hydrogen (secondary N) is 2.